The van der Waals surface area contributed by atoms with E-state index >= 15 is 0 Å². The van der Waals surface area contributed by atoms with Gasteiger partial charge >= 0.3 is 0 Å². The zero-order valence-corrected chi connectivity index (χ0v) is 11.4. The van der Waals surface area contributed by atoms with E-state index < -0.39 is 0 Å². The number of aromatic amines is 1. The molecule has 5 nitrogen and oxygen atoms in total. The molecule has 0 aliphatic carbocycles. The fraction of sp³-hybridized carbons (Fsp3) is 0.333. The Morgan fingerprint density at radius 3 is 3.00 bits per heavy atom. The Morgan fingerprint density at radius 1 is 1.40 bits per heavy atom. The Bertz CT molecular complexity index is 606. The second kappa shape index (κ2) is 5.46. The number of fused-ring (bicyclic) bond motifs is 1. The summed E-state index contributed by atoms with van der Waals surface area (Å²) in [6.07, 6.45) is 4.27. The highest BCUT2D eigenvalue weighted by molar-refractivity contribution is 5.94. The summed E-state index contributed by atoms with van der Waals surface area (Å²) in [7, 11) is 0. The lowest BCUT2D eigenvalue weighted by atomic mass is 10.1. The SMILES string of the molecule is CCC(NC(=O)c1ccc2c(c1)CNC2)c1ncc[nH]1. The summed E-state index contributed by atoms with van der Waals surface area (Å²) < 4.78 is 0. The molecule has 0 bridgehead atoms. The van der Waals surface area contributed by atoms with Crippen molar-refractivity contribution in [2.24, 2.45) is 0 Å². The van der Waals surface area contributed by atoms with E-state index in [1.807, 2.05) is 25.1 Å². The monoisotopic (exact) mass is 270 g/mol. The Hall–Kier alpha value is -2.14. The topological polar surface area (TPSA) is 69.8 Å². The van der Waals surface area contributed by atoms with Crippen LogP contribution in [0.3, 0.4) is 0 Å². The maximum absolute atomic E-state index is 12.3. The van der Waals surface area contributed by atoms with Crippen LogP contribution in [0, 0.1) is 0 Å². The molecule has 104 valence electrons. The Morgan fingerprint density at radius 2 is 2.25 bits per heavy atom. The molecule has 1 aliphatic rings. The number of nitrogens with one attached hydrogen (secondary N) is 3. The smallest absolute Gasteiger partial charge is 0.251 e. The van der Waals surface area contributed by atoms with Crippen LogP contribution < -0.4 is 10.6 Å². The highest BCUT2D eigenvalue weighted by Crippen LogP contribution is 2.18. The van der Waals surface area contributed by atoms with Gasteiger partial charge < -0.3 is 15.6 Å². The third kappa shape index (κ3) is 2.44. The Balaban J connectivity index is 1.75. The van der Waals surface area contributed by atoms with Crippen LogP contribution >= 0.6 is 0 Å². The molecule has 0 radical (unpaired) electrons. The number of imidazole rings is 1. The number of aromatic nitrogens is 2. The van der Waals surface area contributed by atoms with Gasteiger partial charge in [-0.25, -0.2) is 4.98 Å². The van der Waals surface area contributed by atoms with Crippen molar-refractivity contribution in [2.75, 3.05) is 0 Å². The lowest BCUT2D eigenvalue weighted by molar-refractivity contribution is 0.0934. The summed E-state index contributed by atoms with van der Waals surface area (Å²) in [6, 6.07) is 5.80. The van der Waals surface area contributed by atoms with Crippen LogP contribution in [0.4, 0.5) is 0 Å². The summed E-state index contributed by atoms with van der Waals surface area (Å²) in [6.45, 7) is 3.76. The summed E-state index contributed by atoms with van der Waals surface area (Å²) in [5, 5.41) is 6.30. The van der Waals surface area contributed by atoms with Crippen LogP contribution in [0.5, 0.6) is 0 Å². The predicted octanol–water partition coefficient (Wildman–Crippen LogP) is 1.89. The second-order valence-electron chi connectivity index (χ2n) is 5.00. The number of nitrogens with zero attached hydrogens (tertiary/aromatic N) is 1. The first-order valence-corrected chi connectivity index (χ1v) is 6.90. The molecular weight excluding hydrogens is 252 g/mol. The standard InChI is InChI=1S/C15H18N4O/c1-2-13(14-17-5-6-18-14)19-15(20)10-3-4-11-8-16-9-12(11)7-10/h3-7,13,16H,2,8-9H2,1H3,(H,17,18)(H,19,20). The van der Waals surface area contributed by atoms with Gasteiger partial charge in [0.25, 0.3) is 5.91 Å². The highest BCUT2D eigenvalue weighted by atomic mass is 16.1. The summed E-state index contributed by atoms with van der Waals surface area (Å²) in [5.41, 5.74) is 3.20. The predicted molar refractivity (Wildman–Crippen MR) is 76.1 cm³/mol. The molecule has 1 aromatic heterocycles. The molecule has 20 heavy (non-hydrogen) atoms. The number of rotatable bonds is 4. The van der Waals surface area contributed by atoms with Gasteiger partial charge in [0.15, 0.2) is 0 Å². The minimum absolute atomic E-state index is 0.0528. The molecule has 0 spiro atoms. The first-order chi connectivity index (χ1) is 9.78. The van der Waals surface area contributed by atoms with Crippen LogP contribution in [0.1, 0.15) is 46.7 Å². The highest BCUT2D eigenvalue weighted by Gasteiger charge is 2.18. The molecule has 2 aromatic rings. The molecule has 5 heteroatoms. The molecule has 3 N–H and O–H groups in total. The molecule has 0 fully saturated rings. The number of hydrogen-bond acceptors (Lipinski definition) is 3. The quantitative estimate of drug-likeness (QED) is 0.794. The number of H-pyrrole nitrogens is 1. The van der Waals surface area contributed by atoms with Crippen molar-refractivity contribution in [1.29, 1.82) is 0 Å². The van der Waals surface area contributed by atoms with Crippen molar-refractivity contribution in [1.82, 2.24) is 20.6 Å². The average Bonchev–Trinajstić information content (AvgIpc) is 3.14. The van der Waals surface area contributed by atoms with Crippen molar-refractivity contribution in [3.05, 3.63) is 53.1 Å². The molecule has 1 atom stereocenters. The van der Waals surface area contributed by atoms with Gasteiger partial charge in [0.2, 0.25) is 0 Å². The Labute approximate surface area is 117 Å². The molecule has 1 aromatic carbocycles. The Kier molecular flexibility index (Phi) is 3.52. The van der Waals surface area contributed by atoms with Gasteiger partial charge in [-0.15, -0.1) is 0 Å². The van der Waals surface area contributed by atoms with Crippen molar-refractivity contribution >= 4 is 5.91 Å². The van der Waals surface area contributed by atoms with Gasteiger partial charge in [-0.3, -0.25) is 4.79 Å². The summed E-state index contributed by atoms with van der Waals surface area (Å²) in [5.74, 6) is 0.742. The molecule has 1 aliphatic heterocycles. The van der Waals surface area contributed by atoms with Crippen molar-refractivity contribution in [3.63, 3.8) is 0 Å². The van der Waals surface area contributed by atoms with E-state index in [1.54, 1.807) is 12.4 Å². The first kappa shape index (κ1) is 12.9. The molecule has 2 heterocycles. The average molecular weight is 270 g/mol. The van der Waals surface area contributed by atoms with E-state index in [9.17, 15) is 4.79 Å². The third-order valence-corrected chi connectivity index (χ3v) is 3.66. The number of hydrogen-bond donors (Lipinski definition) is 3. The van der Waals surface area contributed by atoms with Crippen LogP contribution in [0.2, 0.25) is 0 Å². The molecular formula is C15H18N4O. The molecule has 0 saturated carbocycles. The van der Waals surface area contributed by atoms with Crippen molar-refractivity contribution in [3.8, 4) is 0 Å². The van der Waals surface area contributed by atoms with Gasteiger partial charge in [0, 0.05) is 31.0 Å². The maximum Gasteiger partial charge on any atom is 0.251 e. The van der Waals surface area contributed by atoms with E-state index in [4.69, 9.17) is 0 Å². The molecule has 1 unspecified atom stereocenters. The van der Waals surface area contributed by atoms with E-state index in [0.29, 0.717) is 5.56 Å². The fourth-order valence-electron chi connectivity index (χ4n) is 2.51. The van der Waals surface area contributed by atoms with Crippen LogP contribution in [0.25, 0.3) is 0 Å². The number of carbonyl (C=O) groups excluding carboxylic acids is 1. The maximum atomic E-state index is 12.3. The minimum atomic E-state index is -0.0797. The molecule has 1 amide bonds. The van der Waals surface area contributed by atoms with Gasteiger partial charge in [0.1, 0.15) is 5.82 Å². The summed E-state index contributed by atoms with van der Waals surface area (Å²) in [4.78, 5) is 19.6. The second-order valence-corrected chi connectivity index (χ2v) is 5.00. The molecule has 0 saturated heterocycles. The zero-order chi connectivity index (χ0) is 13.9. The minimum Gasteiger partial charge on any atom is -0.347 e. The number of amides is 1. The number of carbonyl (C=O) groups is 1. The number of benzene rings is 1. The van der Waals surface area contributed by atoms with Crippen molar-refractivity contribution in [2.45, 2.75) is 32.5 Å². The lowest BCUT2D eigenvalue weighted by Gasteiger charge is -2.15. The van der Waals surface area contributed by atoms with Gasteiger partial charge in [-0.05, 0) is 29.7 Å². The van der Waals surface area contributed by atoms with E-state index in [-0.39, 0.29) is 11.9 Å². The van der Waals surface area contributed by atoms with Gasteiger partial charge in [-0.2, -0.15) is 0 Å². The van der Waals surface area contributed by atoms with Crippen LogP contribution in [0.15, 0.2) is 30.6 Å². The van der Waals surface area contributed by atoms with Gasteiger partial charge in [-0.1, -0.05) is 13.0 Å². The third-order valence-electron chi connectivity index (χ3n) is 3.66. The first-order valence-electron chi connectivity index (χ1n) is 6.90. The van der Waals surface area contributed by atoms with Crippen LogP contribution in [-0.2, 0) is 13.1 Å². The van der Waals surface area contributed by atoms with Crippen LogP contribution in [-0.4, -0.2) is 15.9 Å². The lowest BCUT2D eigenvalue weighted by Crippen LogP contribution is -2.29. The van der Waals surface area contributed by atoms with E-state index in [2.05, 4.69) is 20.6 Å². The molecule has 3 rings (SSSR count). The van der Waals surface area contributed by atoms with Crippen molar-refractivity contribution < 1.29 is 4.79 Å². The largest absolute Gasteiger partial charge is 0.347 e. The summed E-state index contributed by atoms with van der Waals surface area (Å²) >= 11 is 0. The van der Waals surface area contributed by atoms with Gasteiger partial charge in [0.05, 0.1) is 6.04 Å². The van der Waals surface area contributed by atoms with E-state index in [1.165, 1.54) is 11.1 Å². The normalized spacial score (nSPS) is 14.8. The fourth-order valence-corrected chi connectivity index (χ4v) is 2.51. The van der Waals surface area contributed by atoms with E-state index in [0.717, 1.165) is 25.3 Å². The zero-order valence-electron chi connectivity index (χ0n) is 11.4.